The minimum atomic E-state index is -0.155. The number of ether oxygens (including phenoxy) is 2. The molecule has 1 aromatic heterocycles. The summed E-state index contributed by atoms with van der Waals surface area (Å²) in [6.45, 7) is 3.11. The molecule has 2 aliphatic rings. The van der Waals surface area contributed by atoms with E-state index in [4.69, 9.17) is 9.47 Å². The molecular weight excluding hydrogens is 288 g/mol. The van der Waals surface area contributed by atoms with Crippen molar-refractivity contribution < 1.29 is 14.3 Å². The monoisotopic (exact) mass is 310 g/mol. The van der Waals surface area contributed by atoms with Crippen LogP contribution in [0.25, 0.3) is 0 Å². The summed E-state index contributed by atoms with van der Waals surface area (Å²) in [7, 11) is 0. The van der Waals surface area contributed by atoms with Gasteiger partial charge in [0.1, 0.15) is 0 Å². The van der Waals surface area contributed by atoms with E-state index in [1.807, 2.05) is 12.3 Å². The van der Waals surface area contributed by atoms with E-state index in [1.165, 1.54) is 12.8 Å². The molecule has 2 unspecified atom stereocenters. The summed E-state index contributed by atoms with van der Waals surface area (Å²) in [5.41, 5.74) is 0.956. The van der Waals surface area contributed by atoms with Crippen molar-refractivity contribution in [2.45, 2.75) is 51.2 Å². The third-order valence-corrected chi connectivity index (χ3v) is 4.80. The molecule has 0 aromatic carbocycles. The highest BCUT2D eigenvalue weighted by Crippen LogP contribution is 2.39. The molecule has 1 N–H and O–H groups in total. The molecule has 1 aromatic rings. The molecule has 21 heavy (non-hydrogen) atoms. The van der Waals surface area contributed by atoms with Crippen LogP contribution in [0.15, 0.2) is 5.38 Å². The van der Waals surface area contributed by atoms with Crippen LogP contribution >= 0.6 is 11.3 Å². The Balaban J connectivity index is 1.49. The van der Waals surface area contributed by atoms with E-state index >= 15 is 0 Å². The van der Waals surface area contributed by atoms with Crippen molar-refractivity contribution in [2.24, 2.45) is 5.92 Å². The first-order valence-corrected chi connectivity index (χ1v) is 8.62. The van der Waals surface area contributed by atoms with Crippen LogP contribution in [0.4, 0.5) is 5.13 Å². The predicted octanol–water partition coefficient (Wildman–Crippen LogP) is 2.62. The zero-order chi connectivity index (χ0) is 14.7. The molecule has 0 radical (unpaired) electrons. The van der Waals surface area contributed by atoms with Crippen molar-refractivity contribution in [3.05, 3.63) is 11.1 Å². The van der Waals surface area contributed by atoms with E-state index < -0.39 is 0 Å². The Bertz CT molecular complexity index is 487. The largest absolute Gasteiger partial charge is 0.466 e. The van der Waals surface area contributed by atoms with Gasteiger partial charge in [-0.15, -0.1) is 11.3 Å². The van der Waals surface area contributed by atoms with Gasteiger partial charge >= 0.3 is 5.97 Å². The van der Waals surface area contributed by atoms with Gasteiger partial charge in [-0.05, 0) is 32.1 Å². The Morgan fingerprint density at radius 2 is 2.38 bits per heavy atom. The van der Waals surface area contributed by atoms with Gasteiger partial charge in [0.2, 0.25) is 0 Å². The number of carbonyl (C=O) groups excluding carboxylic acids is 1. The highest BCUT2D eigenvalue weighted by molar-refractivity contribution is 7.13. The van der Waals surface area contributed by atoms with Gasteiger partial charge in [0.15, 0.2) is 5.13 Å². The minimum Gasteiger partial charge on any atom is -0.466 e. The second-order valence-electron chi connectivity index (χ2n) is 5.66. The quantitative estimate of drug-likeness (QED) is 0.785. The summed E-state index contributed by atoms with van der Waals surface area (Å²) in [5.74, 6) is 0.589. The number of aromatic nitrogens is 1. The fourth-order valence-electron chi connectivity index (χ4n) is 2.77. The maximum absolute atomic E-state index is 11.3. The minimum absolute atomic E-state index is 0.155. The van der Waals surface area contributed by atoms with Gasteiger partial charge in [0.05, 0.1) is 30.9 Å². The van der Waals surface area contributed by atoms with Crippen LogP contribution in [0.2, 0.25) is 0 Å². The Morgan fingerprint density at radius 1 is 1.52 bits per heavy atom. The molecule has 2 heterocycles. The maximum atomic E-state index is 11.3. The van der Waals surface area contributed by atoms with Crippen molar-refractivity contribution in [1.29, 1.82) is 0 Å². The summed E-state index contributed by atoms with van der Waals surface area (Å²) in [6.07, 6.45) is 5.05. The lowest BCUT2D eigenvalue weighted by Crippen LogP contribution is -2.30. The number of hydrogen-bond acceptors (Lipinski definition) is 6. The average Bonchev–Trinajstić information content (AvgIpc) is 3.04. The molecule has 1 aliphatic carbocycles. The molecule has 116 valence electrons. The number of hydrogen-bond donors (Lipinski definition) is 1. The van der Waals surface area contributed by atoms with E-state index in [1.54, 1.807) is 11.3 Å². The lowest BCUT2D eigenvalue weighted by Gasteiger charge is -2.18. The summed E-state index contributed by atoms with van der Waals surface area (Å²) in [6, 6.07) is 0.390. The van der Waals surface area contributed by atoms with E-state index in [9.17, 15) is 4.79 Å². The predicted molar refractivity (Wildman–Crippen MR) is 81.6 cm³/mol. The lowest BCUT2D eigenvalue weighted by molar-refractivity contribution is -0.143. The molecule has 1 aliphatic heterocycles. The maximum Gasteiger partial charge on any atom is 0.306 e. The first-order valence-electron chi connectivity index (χ1n) is 7.74. The second kappa shape index (κ2) is 6.75. The van der Waals surface area contributed by atoms with Gasteiger partial charge in [-0.25, -0.2) is 4.98 Å². The van der Waals surface area contributed by atoms with Crippen LogP contribution in [0.1, 0.15) is 38.3 Å². The summed E-state index contributed by atoms with van der Waals surface area (Å²) in [5, 5.41) is 6.47. The smallest absolute Gasteiger partial charge is 0.306 e. The van der Waals surface area contributed by atoms with Gasteiger partial charge in [-0.2, -0.15) is 0 Å². The first-order chi connectivity index (χ1) is 10.3. The molecule has 5 nitrogen and oxygen atoms in total. The van der Waals surface area contributed by atoms with Gasteiger partial charge in [-0.1, -0.05) is 0 Å². The number of nitrogens with zero attached hydrogens (tertiary/aromatic N) is 1. The summed E-state index contributed by atoms with van der Waals surface area (Å²) < 4.78 is 10.8. The number of carbonyl (C=O) groups is 1. The normalized spacial score (nSPS) is 25.0. The number of thiazole rings is 1. The van der Waals surface area contributed by atoms with Crippen LogP contribution in [-0.4, -0.2) is 36.3 Å². The van der Waals surface area contributed by atoms with E-state index in [2.05, 4.69) is 10.3 Å². The first kappa shape index (κ1) is 14.8. The SMILES string of the molecule is CCOC(=O)CCc1csc(NC2CCOC2C2CC2)n1. The summed E-state index contributed by atoms with van der Waals surface area (Å²) >= 11 is 1.61. The van der Waals surface area contributed by atoms with E-state index in [0.717, 1.165) is 29.8 Å². The molecule has 2 fully saturated rings. The van der Waals surface area contributed by atoms with Crippen molar-refractivity contribution in [3.63, 3.8) is 0 Å². The van der Waals surface area contributed by atoms with E-state index in [-0.39, 0.29) is 5.97 Å². The third kappa shape index (κ3) is 3.95. The average molecular weight is 310 g/mol. The molecule has 2 atom stereocenters. The van der Waals surface area contributed by atoms with Crippen LogP contribution < -0.4 is 5.32 Å². The Morgan fingerprint density at radius 3 is 3.14 bits per heavy atom. The Hall–Kier alpha value is -1.14. The number of rotatable bonds is 7. The fraction of sp³-hybridized carbons (Fsp3) is 0.733. The fourth-order valence-corrected chi connectivity index (χ4v) is 3.57. The number of aryl methyl sites for hydroxylation is 1. The number of esters is 1. The van der Waals surface area contributed by atoms with Crippen molar-refractivity contribution in [3.8, 4) is 0 Å². The number of anilines is 1. The van der Waals surface area contributed by atoms with Crippen molar-refractivity contribution in [2.75, 3.05) is 18.5 Å². The van der Waals surface area contributed by atoms with Crippen LogP contribution in [-0.2, 0) is 20.7 Å². The molecule has 1 saturated heterocycles. The molecule has 0 bridgehead atoms. The lowest BCUT2D eigenvalue weighted by atomic mass is 10.1. The van der Waals surface area contributed by atoms with Crippen LogP contribution in [0, 0.1) is 5.92 Å². The zero-order valence-electron chi connectivity index (χ0n) is 12.3. The van der Waals surface area contributed by atoms with Gasteiger partial charge < -0.3 is 14.8 Å². The van der Waals surface area contributed by atoms with Crippen LogP contribution in [0.5, 0.6) is 0 Å². The topological polar surface area (TPSA) is 60.5 Å². The van der Waals surface area contributed by atoms with E-state index in [0.29, 0.717) is 31.6 Å². The highest BCUT2D eigenvalue weighted by Gasteiger charge is 2.40. The number of nitrogens with one attached hydrogen (secondary N) is 1. The Labute approximate surface area is 129 Å². The third-order valence-electron chi connectivity index (χ3n) is 3.97. The second-order valence-corrected chi connectivity index (χ2v) is 6.52. The zero-order valence-corrected chi connectivity index (χ0v) is 13.2. The van der Waals surface area contributed by atoms with Gasteiger partial charge in [0, 0.05) is 18.4 Å². The standard InChI is InChI=1S/C15H22N2O3S/c1-2-19-13(18)6-5-11-9-21-15(16-11)17-12-7-8-20-14(12)10-3-4-10/h9-10,12,14H,2-8H2,1H3,(H,16,17). The van der Waals surface area contributed by atoms with Crippen molar-refractivity contribution in [1.82, 2.24) is 4.98 Å². The van der Waals surface area contributed by atoms with Crippen LogP contribution in [0.3, 0.4) is 0 Å². The molecule has 0 amide bonds. The molecular formula is C15H22N2O3S. The Kier molecular flexibility index (Phi) is 4.75. The summed E-state index contributed by atoms with van der Waals surface area (Å²) in [4.78, 5) is 15.9. The highest BCUT2D eigenvalue weighted by atomic mass is 32.1. The van der Waals surface area contributed by atoms with Crippen molar-refractivity contribution >= 4 is 22.4 Å². The molecule has 3 rings (SSSR count). The van der Waals surface area contributed by atoms with Gasteiger partial charge in [-0.3, -0.25) is 4.79 Å². The molecule has 1 saturated carbocycles. The molecule has 6 heteroatoms. The molecule has 0 spiro atoms. The van der Waals surface area contributed by atoms with Gasteiger partial charge in [0.25, 0.3) is 0 Å².